The number of phenolic OH excluding ortho intramolecular Hbond substituents is 1. The second-order valence-electron chi connectivity index (χ2n) is 9.18. The molecular formula is C25H25ClF2N2O4. The molecule has 1 atom stereocenters. The third-order valence-electron chi connectivity index (χ3n) is 6.66. The Kier molecular flexibility index (Phi) is 6.16. The highest BCUT2D eigenvalue weighted by Crippen LogP contribution is 2.55. The van der Waals surface area contributed by atoms with E-state index in [2.05, 4.69) is 13.8 Å². The molecule has 6 nitrogen and oxygen atoms in total. The van der Waals surface area contributed by atoms with E-state index in [0.29, 0.717) is 16.9 Å². The van der Waals surface area contributed by atoms with Gasteiger partial charge < -0.3 is 14.7 Å². The molecule has 0 aromatic heterocycles. The Balaban J connectivity index is 1.71. The average Bonchev–Trinajstić information content (AvgIpc) is 2.90. The number of alkyl halides is 1. The molecule has 1 unspecified atom stereocenters. The van der Waals surface area contributed by atoms with Gasteiger partial charge in [-0.3, -0.25) is 14.5 Å². The SMILES string of the molecule is CN1c2cc(CN(CC(=O)F)CC(=O)F)ccc2C(C)(C)C12C=Cc1cc(O)cc(CCl)c1O2. The number of ether oxygens (including phenoxy) is 1. The van der Waals surface area contributed by atoms with Crippen molar-refractivity contribution >= 4 is 35.4 Å². The van der Waals surface area contributed by atoms with Gasteiger partial charge in [0, 0.05) is 30.4 Å². The van der Waals surface area contributed by atoms with Gasteiger partial charge in [0.05, 0.1) is 24.4 Å². The molecule has 2 aromatic rings. The zero-order chi connectivity index (χ0) is 24.8. The van der Waals surface area contributed by atoms with Crippen LogP contribution in [0.2, 0.25) is 0 Å². The molecule has 0 fully saturated rings. The summed E-state index contributed by atoms with van der Waals surface area (Å²) in [7, 11) is 1.89. The molecule has 180 valence electrons. The van der Waals surface area contributed by atoms with E-state index in [1.54, 1.807) is 12.1 Å². The monoisotopic (exact) mass is 490 g/mol. The van der Waals surface area contributed by atoms with E-state index in [-0.39, 0.29) is 18.2 Å². The number of carbonyl (C=O) groups excluding carboxylic acids is 2. The topological polar surface area (TPSA) is 70.1 Å². The molecule has 0 bridgehead atoms. The van der Waals surface area contributed by atoms with E-state index in [1.807, 2.05) is 42.3 Å². The van der Waals surface area contributed by atoms with Crippen LogP contribution in [0.1, 0.15) is 36.1 Å². The molecule has 0 amide bonds. The Hall–Kier alpha value is -2.97. The first-order valence-corrected chi connectivity index (χ1v) is 11.3. The Morgan fingerprint density at radius 3 is 2.44 bits per heavy atom. The Bertz CT molecular complexity index is 1180. The van der Waals surface area contributed by atoms with Gasteiger partial charge in [-0.05, 0) is 55.3 Å². The summed E-state index contributed by atoms with van der Waals surface area (Å²) < 4.78 is 32.6. The van der Waals surface area contributed by atoms with Gasteiger partial charge in [-0.25, -0.2) is 0 Å². The molecule has 0 saturated carbocycles. The molecule has 2 aliphatic rings. The first kappa shape index (κ1) is 24.2. The first-order valence-electron chi connectivity index (χ1n) is 10.7. The van der Waals surface area contributed by atoms with Crippen molar-refractivity contribution in [1.29, 1.82) is 0 Å². The van der Waals surface area contributed by atoms with Crippen LogP contribution in [0, 0.1) is 0 Å². The third-order valence-corrected chi connectivity index (χ3v) is 6.95. The number of hydrogen-bond donors (Lipinski definition) is 1. The summed E-state index contributed by atoms with van der Waals surface area (Å²) in [6.07, 6.45) is 3.85. The smallest absolute Gasteiger partial charge is 0.315 e. The van der Waals surface area contributed by atoms with Crippen molar-refractivity contribution in [3.63, 3.8) is 0 Å². The summed E-state index contributed by atoms with van der Waals surface area (Å²) >= 11 is 6.13. The van der Waals surface area contributed by atoms with Gasteiger partial charge in [0.25, 0.3) is 0 Å². The molecule has 34 heavy (non-hydrogen) atoms. The summed E-state index contributed by atoms with van der Waals surface area (Å²) in [6.45, 7) is 2.79. The van der Waals surface area contributed by atoms with Crippen LogP contribution in [0.4, 0.5) is 14.5 Å². The molecule has 9 heteroatoms. The quantitative estimate of drug-likeness (QED) is 0.456. The fraction of sp³-hybridized carbons (Fsp3) is 0.360. The minimum Gasteiger partial charge on any atom is -0.508 e. The number of aromatic hydroxyl groups is 1. The summed E-state index contributed by atoms with van der Waals surface area (Å²) in [5.41, 5.74) is 2.50. The molecule has 2 aliphatic heterocycles. The first-order chi connectivity index (χ1) is 16.0. The van der Waals surface area contributed by atoms with Crippen LogP contribution in [-0.4, -0.2) is 47.9 Å². The van der Waals surface area contributed by atoms with Gasteiger partial charge in [-0.15, -0.1) is 11.6 Å². The lowest BCUT2D eigenvalue weighted by atomic mass is 9.76. The minimum atomic E-state index is -1.64. The van der Waals surface area contributed by atoms with E-state index >= 15 is 0 Å². The van der Waals surface area contributed by atoms with Crippen LogP contribution in [0.15, 0.2) is 36.4 Å². The van der Waals surface area contributed by atoms with Crippen molar-refractivity contribution in [3.05, 3.63) is 58.7 Å². The molecule has 2 aromatic carbocycles. The molecule has 0 aliphatic carbocycles. The summed E-state index contributed by atoms with van der Waals surface area (Å²) in [5.74, 6) is 0.865. The number of benzene rings is 2. The normalized spacial score (nSPS) is 19.8. The lowest BCUT2D eigenvalue weighted by molar-refractivity contribution is -0.133. The van der Waals surface area contributed by atoms with Crippen LogP contribution < -0.4 is 9.64 Å². The molecule has 0 saturated heterocycles. The number of phenols is 1. The lowest BCUT2D eigenvalue weighted by Gasteiger charge is -2.46. The van der Waals surface area contributed by atoms with Crippen LogP contribution in [0.25, 0.3) is 6.08 Å². The van der Waals surface area contributed by atoms with E-state index in [9.17, 15) is 23.5 Å². The largest absolute Gasteiger partial charge is 0.508 e. The van der Waals surface area contributed by atoms with Gasteiger partial charge >= 0.3 is 12.1 Å². The van der Waals surface area contributed by atoms with E-state index in [4.69, 9.17) is 16.3 Å². The van der Waals surface area contributed by atoms with E-state index in [0.717, 1.165) is 21.7 Å². The fourth-order valence-electron chi connectivity index (χ4n) is 5.00. The molecule has 0 radical (unpaired) electrons. The third kappa shape index (κ3) is 3.95. The number of carbonyl (C=O) groups is 2. The predicted octanol–water partition coefficient (Wildman–Crippen LogP) is 4.45. The highest BCUT2D eigenvalue weighted by Gasteiger charge is 2.57. The molecule has 2 heterocycles. The van der Waals surface area contributed by atoms with Crippen molar-refractivity contribution in [2.45, 2.75) is 37.4 Å². The summed E-state index contributed by atoms with van der Waals surface area (Å²) in [5, 5.41) is 10.0. The zero-order valence-corrected chi connectivity index (χ0v) is 19.8. The number of likely N-dealkylation sites (N-methyl/N-ethyl adjacent to an activating group) is 1. The second kappa shape index (κ2) is 8.67. The van der Waals surface area contributed by atoms with E-state index in [1.165, 1.54) is 0 Å². The van der Waals surface area contributed by atoms with Gasteiger partial charge in [-0.2, -0.15) is 8.78 Å². The van der Waals surface area contributed by atoms with E-state index < -0.39 is 36.3 Å². The number of fused-ring (bicyclic) bond motifs is 2. The minimum absolute atomic E-state index is 0.0229. The number of hydrogen-bond acceptors (Lipinski definition) is 6. The molecule has 1 spiro atoms. The van der Waals surface area contributed by atoms with Gasteiger partial charge in [-0.1, -0.05) is 12.1 Å². The maximum Gasteiger partial charge on any atom is 0.315 e. The Morgan fingerprint density at radius 1 is 1.15 bits per heavy atom. The maximum absolute atomic E-state index is 13.0. The molecule has 4 rings (SSSR count). The lowest BCUT2D eigenvalue weighted by Crippen LogP contribution is -2.58. The van der Waals surface area contributed by atoms with Gasteiger partial charge in [0.15, 0.2) is 0 Å². The molecular weight excluding hydrogens is 466 g/mol. The number of rotatable bonds is 7. The van der Waals surface area contributed by atoms with Crippen molar-refractivity contribution in [2.75, 3.05) is 25.0 Å². The van der Waals surface area contributed by atoms with Crippen molar-refractivity contribution in [3.8, 4) is 11.5 Å². The fourth-order valence-corrected chi connectivity index (χ4v) is 5.20. The summed E-state index contributed by atoms with van der Waals surface area (Å²) in [6, 6.07) is 5.54. The average molecular weight is 491 g/mol. The number of nitrogens with zero attached hydrogens (tertiary/aromatic N) is 2. The maximum atomic E-state index is 13.0. The Morgan fingerprint density at radius 2 is 1.82 bits per heavy atom. The predicted molar refractivity (Wildman–Crippen MR) is 125 cm³/mol. The second-order valence-corrected chi connectivity index (χ2v) is 9.45. The zero-order valence-electron chi connectivity index (χ0n) is 19.1. The Labute approximate surface area is 201 Å². The van der Waals surface area contributed by atoms with Crippen molar-refractivity contribution < 1.29 is 28.2 Å². The summed E-state index contributed by atoms with van der Waals surface area (Å²) in [4.78, 5) is 25.0. The van der Waals surface area contributed by atoms with Crippen LogP contribution in [0.3, 0.4) is 0 Å². The highest BCUT2D eigenvalue weighted by atomic mass is 35.5. The highest BCUT2D eigenvalue weighted by molar-refractivity contribution is 6.17. The molecule has 1 N–H and O–H groups in total. The standard InChI is InChI=1S/C25H25ClF2N2O4/c1-24(2)19-5-4-15(12-30(13-21(27)32)14-22(28)33)8-20(19)29(3)25(24)7-6-16-9-18(31)10-17(11-26)23(16)34-25/h4-10,31H,11-14H2,1-3H3. The van der Waals surface area contributed by atoms with Gasteiger partial charge in [0.2, 0.25) is 5.72 Å². The van der Waals surface area contributed by atoms with Crippen LogP contribution >= 0.6 is 11.6 Å². The van der Waals surface area contributed by atoms with Crippen LogP contribution in [0.5, 0.6) is 11.5 Å². The van der Waals surface area contributed by atoms with Gasteiger partial charge in [0.1, 0.15) is 11.5 Å². The van der Waals surface area contributed by atoms with Crippen LogP contribution in [-0.2, 0) is 27.4 Å². The van der Waals surface area contributed by atoms with Crippen molar-refractivity contribution in [2.24, 2.45) is 0 Å². The van der Waals surface area contributed by atoms with Crippen molar-refractivity contribution in [1.82, 2.24) is 4.90 Å². The number of halogens is 3. The number of anilines is 1.